The lowest BCUT2D eigenvalue weighted by Gasteiger charge is -2.34. The molecule has 18 heavy (non-hydrogen) atoms. The topological polar surface area (TPSA) is 63.3 Å². The third-order valence-electron chi connectivity index (χ3n) is 3.34. The molecule has 0 saturated heterocycles. The van der Waals surface area contributed by atoms with Crippen LogP contribution in [0.5, 0.6) is 0 Å². The van der Waals surface area contributed by atoms with E-state index in [-0.39, 0.29) is 12.0 Å². The lowest BCUT2D eigenvalue weighted by Crippen LogP contribution is -2.45. The average Bonchev–Trinajstić information content (AvgIpc) is 2.30. The van der Waals surface area contributed by atoms with Gasteiger partial charge in [-0.1, -0.05) is 26.0 Å². The molecule has 0 radical (unpaired) electrons. The molecule has 0 spiro atoms. The zero-order chi connectivity index (χ0) is 13.9. The maximum Gasteiger partial charge on any atom is 0.304 e. The van der Waals surface area contributed by atoms with E-state index in [1.807, 2.05) is 0 Å². The summed E-state index contributed by atoms with van der Waals surface area (Å²) in [6, 6.07) is 3.18. The summed E-state index contributed by atoms with van der Waals surface area (Å²) in [5, 5.41) is 8.94. The molecule has 0 aliphatic rings. The molecule has 1 rings (SSSR count). The minimum Gasteiger partial charge on any atom is -0.481 e. The Labute approximate surface area is 105 Å². The van der Waals surface area contributed by atoms with Crippen molar-refractivity contribution in [1.29, 1.82) is 0 Å². The Kier molecular flexibility index (Phi) is 4.40. The molecule has 0 fully saturated rings. The van der Waals surface area contributed by atoms with Crippen LogP contribution in [0.15, 0.2) is 18.2 Å². The second-order valence-corrected chi connectivity index (χ2v) is 4.60. The van der Waals surface area contributed by atoms with Crippen molar-refractivity contribution < 1.29 is 18.7 Å². The van der Waals surface area contributed by atoms with Crippen LogP contribution in [-0.4, -0.2) is 17.1 Å². The Morgan fingerprint density at radius 1 is 1.50 bits per heavy atom. The minimum atomic E-state index is -1.13. The molecule has 0 amide bonds. The van der Waals surface area contributed by atoms with Gasteiger partial charge in [0.25, 0.3) is 0 Å². The first-order valence-electron chi connectivity index (χ1n) is 5.74. The van der Waals surface area contributed by atoms with E-state index in [0.29, 0.717) is 6.42 Å². The van der Waals surface area contributed by atoms with Crippen LogP contribution >= 0.6 is 0 Å². The molecule has 1 aromatic rings. The molecule has 1 aromatic carbocycles. The van der Waals surface area contributed by atoms with Gasteiger partial charge in [-0.05, 0) is 18.1 Å². The Hall–Kier alpha value is -1.49. The van der Waals surface area contributed by atoms with Crippen LogP contribution in [-0.2, 0) is 10.2 Å². The molecule has 0 bridgehead atoms. The monoisotopic (exact) mass is 257 g/mol. The van der Waals surface area contributed by atoms with Gasteiger partial charge in [-0.3, -0.25) is 4.79 Å². The maximum absolute atomic E-state index is 13.8. The van der Waals surface area contributed by atoms with Crippen molar-refractivity contribution in [1.82, 2.24) is 0 Å². The zero-order valence-corrected chi connectivity index (χ0v) is 10.4. The van der Waals surface area contributed by atoms with Gasteiger partial charge in [0.2, 0.25) is 0 Å². The molecule has 2 atom stereocenters. The quantitative estimate of drug-likeness (QED) is 0.851. The van der Waals surface area contributed by atoms with Crippen LogP contribution in [0.1, 0.15) is 32.3 Å². The lowest BCUT2D eigenvalue weighted by molar-refractivity contribution is -0.138. The molecule has 0 heterocycles. The number of halogens is 2. The van der Waals surface area contributed by atoms with E-state index in [0.717, 1.165) is 6.07 Å². The highest BCUT2D eigenvalue weighted by molar-refractivity contribution is 5.69. The number of rotatable bonds is 5. The van der Waals surface area contributed by atoms with Crippen LogP contribution in [0.3, 0.4) is 0 Å². The molecule has 2 unspecified atom stereocenters. The number of nitrogens with two attached hydrogens (primary N) is 1. The first-order chi connectivity index (χ1) is 8.32. The summed E-state index contributed by atoms with van der Waals surface area (Å²) >= 11 is 0. The SMILES string of the molecule is CCC(N)C(C)(CC(=O)O)c1cccc(F)c1F. The number of carboxylic acid groups (broad SMARTS) is 1. The fourth-order valence-electron chi connectivity index (χ4n) is 2.14. The number of hydrogen-bond acceptors (Lipinski definition) is 2. The third-order valence-corrected chi connectivity index (χ3v) is 3.34. The van der Waals surface area contributed by atoms with Crippen molar-refractivity contribution in [2.75, 3.05) is 0 Å². The zero-order valence-electron chi connectivity index (χ0n) is 10.4. The van der Waals surface area contributed by atoms with Gasteiger partial charge in [-0.15, -0.1) is 0 Å². The fraction of sp³-hybridized carbons (Fsp3) is 0.462. The van der Waals surface area contributed by atoms with Crippen LogP contribution < -0.4 is 5.73 Å². The van der Waals surface area contributed by atoms with Crippen molar-refractivity contribution in [3.05, 3.63) is 35.4 Å². The number of aliphatic carboxylic acids is 1. The van der Waals surface area contributed by atoms with E-state index >= 15 is 0 Å². The highest BCUT2D eigenvalue weighted by Crippen LogP contribution is 2.34. The average molecular weight is 257 g/mol. The number of benzene rings is 1. The van der Waals surface area contributed by atoms with E-state index in [2.05, 4.69) is 0 Å². The van der Waals surface area contributed by atoms with Crippen molar-refractivity contribution in [3.63, 3.8) is 0 Å². The highest BCUT2D eigenvalue weighted by Gasteiger charge is 2.37. The van der Waals surface area contributed by atoms with Gasteiger partial charge in [0.05, 0.1) is 6.42 Å². The Morgan fingerprint density at radius 3 is 2.61 bits per heavy atom. The molecule has 5 heteroatoms. The summed E-state index contributed by atoms with van der Waals surface area (Å²) in [6.45, 7) is 3.33. The van der Waals surface area contributed by atoms with Gasteiger partial charge in [-0.25, -0.2) is 8.78 Å². The Bertz CT molecular complexity index is 451. The van der Waals surface area contributed by atoms with Gasteiger partial charge in [0.15, 0.2) is 11.6 Å². The van der Waals surface area contributed by atoms with E-state index in [9.17, 15) is 13.6 Å². The Balaban J connectivity index is 3.34. The van der Waals surface area contributed by atoms with Crippen LogP contribution in [0, 0.1) is 11.6 Å². The smallest absolute Gasteiger partial charge is 0.304 e. The lowest BCUT2D eigenvalue weighted by atomic mass is 9.72. The molecule has 3 nitrogen and oxygen atoms in total. The molecule has 3 N–H and O–H groups in total. The first-order valence-corrected chi connectivity index (χ1v) is 5.74. The second-order valence-electron chi connectivity index (χ2n) is 4.60. The molecular weight excluding hydrogens is 240 g/mol. The fourth-order valence-corrected chi connectivity index (χ4v) is 2.14. The maximum atomic E-state index is 13.8. The predicted octanol–water partition coefficient (Wildman–Crippen LogP) is 2.43. The van der Waals surface area contributed by atoms with Crippen LogP contribution in [0.2, 0.25) is 0 Å². The largest absolute Gasteiger partial charge is 0.481 e. The van der Waals surface area contributed by atoms with E-state index in [1.165, 1.54) is 12.1 Å². The van der Waals surface area contributed by atoms with E-state index < -0.39 is 29.1 Å². The van der Waals surface area contributed by atoms with E-state index in [4.69, 9.17) is 10.8 Å². The second kappa shape index (κ2) is 5.44. The van der Waals surface area contributed by atoms with Crippen molar-refractivity contribution in [2.45, 2.75) is 38.1 Å². The number of hydrogen-bond donors (Lipinski definition) is 2. The minimum absolute atomic E-state index is 0.0132. The summed E-state index contributed by atoms with van der Waals surface area (Å²) < 4.78 is 27.1. The summed E-state index contributed by atoms with van der Waals surface area (Å²) in [6.07, 6.45) is 0.127. The van der Waals surface area contributed by atoms with Crippen LogP contribution in [0.25, 0.3) is 0 Å². The van der Waals surface area contributed by atoms with Gasteiger partial charge in [0, 0.05) is 11.5 Å². The first kappa shape index (κ1) is 14.6. The molecular formula is C13H17F2NO2. The Morgan fingerprint density at radius 2 is 2.11 bits per heavy atom. The molecule has 0 aliphatic heterocycles. The van der Waals surface area contributed by atoms with Gasteiger partial charge < -0.3 is 10.8 Å². The standard InChI is InChI=1S/C13H17F2NO2/c1-3-10(16)13(2,7-11(17)18)8-5-4-6-9(14)12(8)15/h4-6,10H,3,7,16H2,1-2H3,(H,17,18). The van der Waals surface area contributed by atoms with E-state index in [1.54, 1.807) is 13.8 Å². The molecule has 0 aliphatic carbocycles. The van der Waals surface area contributed by atoms with Crippen molar-refractivity contribution in [3.8, 4) is 0 Å². The van der Waals surface area contributed by atoms with Crippen molar-refractivity contribution in [2.24, 2.45) is 5.73 Å². The van der Waals surface area contributed by atoms with Gasteiger partial charge in [0.1, 0.15) is 0 Å². The van der Waals surface area contributed by atoms with Crippen molar-refractivity contribution >= 4 is 5.97 Å². The highest BCUT2D eigenvalue weighted by atomic mass is 19.2. The number of carbonyl (C=O) groups is 1. The summed E-state index contributed by atoms with van der Waals surface area (Å²) in [5.74, 6) is -3.11. The molecule has 0 saturated carbocycles. The third kappa shape index (κ3) is 2.67. The van der Waals surface area contributed by atoms with Gasteiger partial charge >= 0.3 is 5.97 Å². The molecule has 0 aromatic heterocycles. The number of carboxylic acids is 1. The summed E-state index contributed by atoms with van der Waals surface area (Å²) in [4.78, 5) is 10.9. The summed E-state index contributed by atoms with van der Waals surface area (Å²) in [5.41, 5.74) is 4.78. The predicted molar refractivity (Wildman–Crippen MR) is 64.2 cm³/mol. The summed E-state index contributed by atoms with van der Waals surface area (Å²) in [7, 11) is 0. The van der Waals surface area contributed by atoms with Gasteiger partial charge in [-0.2, -0.15) is 0 Å². The molecule has 100 valence electrons. The van der Waals surface area contributed by atoms with Crippen LogP contribution in [0.4, 0.5) is 8.78 Å². The normalized spacial score (nSPS) is 16.1.